The highest BCUT2D eigenvalue weighted by Crippen LogP contribution is 2.05. The van der Waals surface area contributed by atoms with Crippen molar-refractivity contribution in [1.82, 2.24) is 15.1 Å². The molecule has 1 unspecified atom stereocenters. The molecule has 1 heterocycles. The number of hydrogen-bond donors (Lipinski definition) is 2. The van der Waals surface area contributed by atoms with Crippen molar-refractivity contribution in [2.75, 3.05) is 11.9 Å². The highest BCUT2D eigenvalue weighted by molar-refractivity contribution is 5.83. The number of carbonyl (C=O) groups is 1. The molecule has 0 aliphatic rings. The van der Waals surface area contributed by atoms with Crippen LogP contribution in [-0.4, -0.2) is 28.3 Å². The Balaban J connectivity index is 2.34. The lowest BCUT2D eigenvalue weighted by atomic mass is 10.3. The van der Waals surface area contributed by atoms with E-state index in [4.69, 9.17) is 0 Å². The normalized spacial score (nSPS) is 12.2. The van der Waals surface area contributed by atoms with E-state index in [9.17, 15) is 4.79 Å². The number of anilines is 1. The third-order valence-corrected chi connectivity index (χ3v) is 2.31. The van der Waals surface area contributed by atoms with Crippen molar-refractivity contribution in [3.8, 4) is 0 Å². The fourth-order valence-electron chi connectivity index (χ4n) is 1.35. The molecule has 5 heteroatoms. The number of nitrogens with zero attached hydrogens (tertiary/aromatic N) is 2. The van der Waals surface area contributed by atoms with Crippen LogP contribution < -0.4 is 10.6 Å². The molecule has 0 spiro atoms. The molecule has 1 aromatic rings. The van der Waals surface area contributed by atoms with Crippen LogP contribution in [0.3, 0.4) is 0 Å². The molecule has 16 heavy (non-hydrogen) atoms. The zero-order valence-electron chi connectivity index (χ0n) is 10.2. The molecule has 0 saturated carbocycles. The Hall–Kier alpha value is -1.52. The van der Waals surface area contributed by atoms with Gasteiger partial charge in [0.1, 0.15) is 6.04 Å². The lowest BCUT2D eigenvalue weighted by molar-refractivity contribution is -0.121. The fraction of sp³-hybridized carbons (Fsp3) is 0.636. The van der Waals surface area contributed by atoms with Gasteiger partial charge in [0.05, 0.1) is 11.9 Å². The Labute approximate surface area is 96.2 Å². The van der Waals surface area contributed by atoms with Gasteiger partial charge in [-0.15, -0.1) is 0 Å². The lowest BCUT2D eigenvalue weighted by Crippen LogP contribution is -2.37. The average Bonchev–Trinajstić information content (AvgIpc) is 2.64. The second-order valence-electron chi connectivity index (χ2n) is 3.91. The Morgan fingerprint density at radius 2 is 2.38 bits per heavy atom. The lowest BCUT2D eigenvalue weighted by Gasteiger charge is -2.13. The van der Waals surface area contributed by atoms with Gasteiger partial charge in [-0.05, 0) is 13.3 Å². The van der Waals surface area contributed by atoms with Crippen LogP contribution in [0.25, 0.3) is 0 Å². The third-order valence-electron chi connectivity index (χ3n) is 2.31. The molecule has 1 amide bonds. The average molecular weight is 224 g/mol. The van der Waals surface area contributed by atoms with Crippen molar-refractivity contribution in [3.63, 3.8) is 0 Å². The van der Waals surface area contributed by atoms with E-state index in [0.29, 0.717) is 0 Å². The maximum Gasteiger partial charge on any atom is 0.242 e. The number of rotatable bonds is 6. The number of aromatic nitrogens is 2. The second-order valence-corrected chi connectivity index (χ2v) is 3.91. The number of nitrogens with one attached hydrogen (secondary N) is 2. The SMILES string of the molecule is CCCCNC(=O)C(C)Nc1cnn(C)c1. The molecule has 2 N–H and O–H groups in total. The van der Waals surface area contributed by atoms with Crippen molar-refractivity contribution < 1.29 is 4.79 Å². The van der Waals surface area contributed by atoms with Gasteiger partial charge in [-0.2, -0.15) is 5.10 Å². The van der Waals surface area contributed by atoms with Gasteiger partial charge in [0.25, 0.3) is 0 Å². The van der Waals surface area contributed by atoms with Gasteiger partial charge in [0, 0.05) is 19.8 Å². The van der Waals surface area contributed by atoms with Crippen LogP contribution in [0.1, 0.15) is 26.7 Å². The summed E-state index contributed by atoms with van der Waals surface area (Å²) in [6, 6.07) is -0.235. The van der Waals surface area contributed by atoms with E-state index < -0.39 is 0 Å². The van der Waals surface area contributed by atoms with Crippen molar-refractivity contribution in [2.24, 2.45) is 7.05 Å². The molecular weight excluding hydrogens is 204 g/mol. The summed E-state index contributed by atoms with van der Waals surface area (Å²) in [6.07, 6.45) is 5.65. The van der Waals surface area contributed by atoms with Crippen LogP contribution in [0.2, 0.25) is 0 Å². The van der Waals surface area contributed by atoms with Crippen LogP contribution in [0.4, 0.5) is 5.69 Å². The number of amides is 1. The summed E-state index contributed by atoms with van der Waals surface area (Å²) in [6.45, 7) is 4.69. The molecule has 1 aromatic heterocycles. The predicted octanol–water partition coefficient (Wildman–Crippen LogP) is 1.14. The summed E-state index contributed by atoms with van der Waals surface area (Å²) >= 11 is 0. The molecule has 1 rings (SSSR count). The molecule has 0 saturated heterocycles. The monoisotopic (exact) mass is 224 g/mol. The largest absolute Gasteiger partial charge is 0.371 e. The zero-order chi connectivity index (χ0) is 12.0. The first-order valence-corrected chi connectivity index (χ1v) is 5.66. The van der Waals surface area contributed by atoms with E-state index in [-0.39, 0.29) is 11.9 Å². The highest BCUT2D eigenvalue weighted by atomic mass is 16.2. The molecule has 0 aromatic carbocycles. The molecule has 0 aliphatic carbocycles. The maximum atomic E-state index is 11.6. The first-order valence-electron chi connectivity index (χ1n) is 5.66. The summed E-state index contributed by atoms with van der Waals surface area (Å²) in [5, 5.41) is 10.0. The summed E-state index contributed by atoms with van der Waals surface area (Å²) in [5.74, 6) is 0.0253. The Bertz CT molecular complexity index is 334. The van der Waals surface area contributed by atoms with Crippen LogP contribution in [0, 0.1) is 0 Å². The third kappa shape index (κ3) is 3.92. The van der Waals surface area contributed by atoms with Gasteiger partial charge in [0.15, 0.2) is 0 Å². The summed E-state index contributed by atoms with van der Waals surface area (Å²) in [4.78, 5) is 11.6. The fourth-order valence-corrected chi connectivity index (χ4v) is 1.35. The quantitative estimate of drug-likeness (QED) is 0.712. The molecule has 1 atom stereocenters. The summed E-state index contributed by atoms with van der Waals surface area (Å²) in [5.41, 5.74) is 0.862. The molecule has 90 valence electrons. The predicted molar refractivity (Wildman–Crippen MR) is 64.2 cm³/mol. The number of unbranched alkanes of at least 4 members (excludes halogenated alkanes) is 1. The summed E-state index contributed by atoms with van der Waals surface area (Å²) in [7, 11) is 1.84. The van der Waals surface area contributed by atoms with Gasteiger partial charge in [-0.25, -0.2) is 0 Å². The van der Waals surface area contributed by atoms with Crippen molar-refractivity contribution >= 4 is 11.6 Å². The molecular formula is C11H20N4O. The second kappa shape index (κ2) is 6.15. The molecule has 0 bridgehead atoms. The molecule has 5 nitrogen and oxygen atoms in total. The zero-order valence-corrected chi connectivity index (χ0v) is 10.2. The Morgan fingerprint density at radius 3 is 2.94 bits per heavy atom. The topological polar surface area (TPSA) is 59.0 Å². The van der Waals surface area contributed by atoms with Gasteiger partial charge in [0.2, 0.25) is 5.91 Å². The van der Waals surface area contributed by atoms with E-state index in [1.807, 2.05) is 20.2 Å². The van der Waals surface area contributed by atoms with E-state index >= 15 is 0 Å². The van der Waals surface area contributed by atoms with Crippen molar-refractivity contribution in [3.05, 3.63) is 12.4 Å². The van der Waals surface area contributed by atoms with Gasteiger partial charge >= 0.3 is 0 Å². The highest BCUT2D eigenvalue weighted by Gasteiger charge is 2.11. The number of carbonyl (C=O) groups excluding carboxylic acids is 1. The van der Waals surface area contributed by atoms with Gasteiger partial charge in [-0.3, -0.25) is 9.48 Å². The van der Waals surface area contributed by atoms with Crippen molar-refractivity contribution in [1.29, 1.82) is 0 Å². The van der Waals surface area contributed by atoms with E-state index in [1.54, 1.807) is 10.9 Å². The smallest absolute Gasteiger partial charge is 0.242 e. The number of aryl methyl sites for hydroxylation is 1. The van der Waals surface area contributed by atoms with Gasteiger partial charge < -0.3 is 10.6 Å². The standard InChI is InChI=1S/C11H20N4O/c1-4-5-6-12-11(16)9(2)14-10-7-13-15(3)8-10/h7-9,14H,4-6H2,1-3H3,(H,12,16). The first kappa shape index (κ1) is 12.5. The minimum atomic E-state index is -0.235. The van der Waals surface area contributed by atoms with Crippen LogP contribution in [0.5, 0.6) is 0 Å². The van der Waals surface area contributed by atoms with Crippen LogP contribution in [-0.2, 0) is 11.8 Å². The maximum absolute atomic E-state index is 11.6. The Kier molecular flexibility index (Phi) is 4.82. The van der Waals surface area contributed by atoms with Crippen LogP contribution in [0.15, 0.2) is 12.4 Å². The van der Waals surface area contributed by atoms with E-state index in [2.05, 4.69) is 22.7 Å². The van der Waals surface area contributed by atoms with Crippen molar-refractivity contribution in [2.45, 2.75) is 32.7 Å². The van der Waals surface area contributed by atoms with E-state index in [1.165, 1.54) is 0 Å². The van der Waals surface area contributed by atoms with Crippen LogP contribution >= 0.6 is 0 Å². The minimum Gasteiger partial charge on any atom is -0.371 e. The van der Waals surface area contributed by atoms with Gasteiger partial charge in [-0.1, -0.05) is 13.3 Å². The molecule has 0 radical (unpaired) electrons. The van der Waals surface area contributed by atoms with E-state index in [0.717, 1.165) is 25.1 Å². The summed E-state index contributed by atoms with van der Waals surface area (Å²) < 4.78 is 1.70. The first-order chi connectivity index (χ1) is 7.63. The Morgan fingerprint density at radius 1 is 1.62 bits per heavy atom. The number of hydrogen-bond acceptors (Lipinski definition) is 3. The minimum absolute atomic E-state index is 0.0253. The molecule has 0 fully saturated rings. The molecule has 0 aliphatic heterocycles.